The van der Waals surface area contributed by atoms with Crippen LogP contribution in [0.25, 0.3) is 0 Å². The maximum Gasteiger partial charge on any atom is 0.258 e. The molecule has 19 heavy (non-hydrogen) atoms. The first kappa shape index (κ1) is 14.1. The molecule has 98 valence electrons. The number of nitrogens with one attached hydrogen (secondary N) is 1. The van der Waals surface area contributed by atoms with E-state index in [1.165, 1.54) is 6.20 Å². The SMILES string of the molecule is Cc1cc(Cl)c(C(=O)Nc2ccc(Cl)c(Cl)c2)cn1. The monoisotopic (exact) mass is 314 g/mol. The third-order valence-electron chi connectivity index (χ3n) is 2.41. The van der Waals surface area contributed by atoms with E-state index in [2.05, 4.69) is 10.3 Å². The highest BCUT2D eigenvalue weighted by Crippen LogP contribution is 2.25. The lowest BCUT2D eigenvalue weighted by Crippen LogP contribution is -2.13. The van der Waals surface area contributed by atoms with E-state index in [1.54, 1.807) is 31.2 Å². The molecule has 0 atom stereocenters. The summed E-state index contributed by atoms with van der Waals surface area (Å²) in [7, 11) is 0. The zero-order valence-corrected chi connectivity index (χ0v) is 12.1. The second-order valence-electron chi connectivity index (χ2n) is 3.89. The van der Waals surface area contributed by atoms with E-state index in [-0.39, 0.29) is 5.91 Å². The summed E-state index contributed by atoms with van der Waals surface area (Å²) >= 11 is 17.7. The van der Waals surface area contributed by atoms with E-state index in [0.717, 1.165) is 5.69 Å². The first-order valence-electron chi connectivity index (χ1n) is 5.36. The molecule has 6 heteroatoms. The van der Waals surface area contributed by atoms with Gasteiger partial charge in [0.2, 0.25) is 0 Å². The van der Waals surface area contributed by atoms with Gasteiger partial charge in [-0.05, 0) is 31.2 Å². The third-order valence-corrected chi connectivity index (χ3v) is 3.46. The second kappa shape index (κ2) is 5.78. The molecule has 0 saturated heterocycles. The number of hydrogen-bond acceptors (Lipinski definition) is 2. The molecular weight excluding hydrogens is 307 g/mol. The average molecular weight is 316 g/mol. The van der Waals surface area contributed by atoms with E-state index in [4.69, 9.17) is 34.8 Å². The van der Waals surface area contributed by atoms with Gasteiger partial charge in [0.05, 0.1) is 20.6 Å². The predicted molar refractivity (Wildman–Crippen MR) is 78.4 cm³/mol. The van der Waals surface area contributed by atoms with Gasteiger partial charge >= 0.3 is 0 Å². The molecule has 0 radical (unpaired) electrons. The molecule has 1 aromatic heterocycles. The number of rotatable bonds is 2. The van der Waals surface area contributed by atoms with Gasteiger partial charge in [-0.25, -0.2) is 0 Å². The largest absolute Gasteiger partial charge is 0.322 e. The van der Waals surface area contributed by atoms with Crippen molar-refractivity contribution in [2.24, 2.45) is 0 Å². The molecule has 1 N–H and O–H groups in total. The van der Waals surface area contributed by atoms with Gasteiger partial charge < -0.3 is 5.32 Å². The van der Waals surface area contributed by atoms with Gasteiger partial charge in [-0.1, -0.05) is 34.8 Å². The Kier molecular flexibility index (Phi) is 4.30. The van der Waals surface area contributed by atoms with Crippen molar-refractivity contribution in [2.75, 3.05) is 5.32 Å². The Morgan fingerprint density at radius 1 is 1.11 bits per heavy atom. The number of anilines is 1. The molecule has 0 unspecified atom stereocenters. The van der Waals surface area contributed by atoms with Crippen molar-refractivity contribution in [1.29, 1.82) is 0 Å². The number of aromatic nitrogens is 1. The average Bonchev–Trinajstić information content (AvgIpc) is 2.33. The van der Waals surface area contributed by atoms with Crippen LogP contribution in [0.5, 0.6) is 0 Å². The van der Waals surface area contributed by atoms with Gasteiger partial charge in [0.1, 0.15) is 0 Å². The molecule has 1 heterocycles. The normalized spacial score (nSPS) is 10.3. The highest BCUT2D eigenvalue weighted by molar-refractivity contribution is 6.42. The number of hydrogen-bond donors (Lipinski definition) is 1. The van der Waals surface area contributed by atoms with Gasteiger partial charge in [0.15, 0.2) is 0 Å². The summed E-state index contributed by atoms with van der Waals surface area (Å²) in [5.74, 6) is -0.351. The Balaban J connectivity index is 2.23. The summed E-state index contributed by atoms with van der Waals surface area (Å²) in [6.07, 6.45) is 1.44. The van der Waals surface area contributed by atoms with Crippen molar-refractivity contribution in [1.82, 2.24) is 4.98 Å². The Morgan fingerprint density at radius 2 is 1.84 bits per heavy atom. The summed E-state index contributed by atoms with van der Waals surface area (Å²) < 4.78 is 0. The molecule has 0 spiro atoms. The van der Waals surface area contributed by atoms with Crippen molar-refractivity contribution in [3.63, 3.8) is 0 Å². The second-order valence-corrected chi connectivity index (χ2v) is 5.11. The van der Waals surface area contributed by atoms with E-state index in [0.29, 0.717) is 26.3 Å². The van der Waals surface area contributed by atoms with E-state index >= 15 is 0 Å². The van der Waals surface area contributed by atoms with Crippen molar-refractivity contribution in [3.8, 4) is 0 Å². The zero-order valence-electron chi connectivity index (χ0n) is 9.88. The van der Waals surface area contributed by atoms with Crippen molar-refractivity contribution >= 4 is 46.4 Å². The molecule has 0 aliphatic carbocycles. The number of halogens is 3. The predicted octanol–water partition coefficient (Wildman–Crippen LogP) is 4.60. The van der Waals surface area contributed by atoms with Gasteiger partial charge in [-0.2, -0.15) is 0 Å². The smallest absolute Gasteiger partial charge is 0.258 e. The molecule has 2 aromatic rings. The molecule has 3 nitrogen and oxygen atoms in total. The lowest BCUT2D eigenvalue weighted by molar-refractivity contribution is 0.102. The van der Waals surface area contributed by atoms with Gasteiger partial charge in [-0.3, -0.25) is 9.78 Å². The number of aryl methyl sites for hydroxylation is 1. The summed E-state index contributed by atoms with van der Waals surface area (Å²) in [6, 6.07) is 6.46. The summed E-state index contributed by atoms with van der Waals surface area (Å²) in [5.41, 5.74) is 1.59. The highest BCUT2D eigenvalue weighted by atomic mass is 35.5. The fraction of sp³-hybridized carbons (Fsp3) is 0.0769. The highest BCUT2D eigenvalue weighted by Gasteiger charge is 2.12. The number of amides is 1. The van der Waals surface area contributed by atoms with Crippen LogP contribution in [0.1, 0.15) is 16.1 Å². The Morgan fingerprint density at radius 3 is 2.47 bits per heavy atom. The molecular formula is C13H9Cl3N2O. The Labute approximate surface area is 125 Å². The fourth-order valence-electron chi connectivity index (χ4n) is 1.47. The summed E-state index contributed by atoms with van der Waals surface area (Å²) in [5, 5.41) is 3.83. The quantitative estimate of drug-likeness (QED) is 0.880. The van der Waals surface area contributed by atoms with Gasteiger partial charge in [0, 0.05) is 17.6 Å². The van der Waals surface area contributed by atoms with Crippen molar-refractivity contribution in [3.05, 3.63) is 56.8 Å². The number of carbonyl (C=O) groups excluding carboxylic acids is 1. The molecule has 0 aliphatic heterocycles. The van der Waals surface area contributed by atoms with Crippen LogP contribution in [-0.2, 0) is 0 Å². The maximum atomic E-state index is 12.0. The minimum atomic E-state index is -0.351. The van der Waals surface area contributed by atoms with E-state index < -0.39 is 0 Å². The van der Waals surface area contributed by atoms with Crippen LogP contribution < -0.4 is 5.32 Å². The van der Waals surface area contributed by atoms with Crippen LogP contribution in [-0.4, -0.2) is 10.9 Å². The summed E-state index contributed by atoms with van der Waals surface area (Å²) in [4.78, 5) is 16.1. The van der Waals surface area contributed by atoms with Crippen LogP contribution in [0.3, 0.4) is 0 Å². The molecule has 0 fully saturated rings. The van der Waals surface area contributed by atoms with Crippen LogP contribution >= 0.6 is 34.8 Å². The Hall–Kier alpha value is -1.29. The number of carbonyl (C=O) groups is 1. The standard InChI is InChI=1S/C13H9Cl3N2O/c1-7-4-11(15)9(6-17-7)13(19)18-8-2-3-10(14)12(16)5-8/h2-6H,1H3,(H,18,19). The van der Waals surface area contributed by atoms with E-state index in [1.807, 2.05) is 0 Å². The first-order chi connectivity index (χ1) is 8.97. The molecule has 1 aromatic carbocycles. The Bertz CT molecular complexity index is 644. The lowest BCUT2D eigenvalue weighted by atomic mass is 10.2. The number of benzene rings is 1. The van der Waals surface area contributed by atoms with Crippen LogP contribution in [0.2, 0.25) is 15.1 Å². The minimum absolute atomic E-state index is 0.304. The number of pyridine rings is 1. The van der Waals surface area contributed by atoms with Crippen molar-refractivity contribution < 1.29 is 4.79 Å². The topological polar surface area (TPSA) is 42.0 Å². The van der Waals surface area contributed by atoms with Gasteiger partial charge in [-0.15, -0.1) is 0 Å². The van der Waals surface area contributed by atoms with Crippen molar-refractivity contribution in [2.45, 2.75) is 6.92 Å². The zero-order chi connectivity index (χ0) is 14.0. The molecule has 2 rings (SSSR count). The fourth-order valence-corrected chi connectivity index (χ4v) is 2.06. The maximum absolute atomic E-state index is 12.0. The van der Waals surface area contributed by atoms with E-state index in [9.17, 15) is 4.79 Å². The van der Waals surface area contributed by atoms with Gasteiger partial charge in [0.25, 0.3) is 5.91 Å². The molecule has 1 amide bonds. The molecule has 0 aliphatic rings. The summed E-state index contributed by atoms with van der Waals surface area (Å²) in [6.45, 7) is 1.80. The molecule has 0 bridgehead atoms. The lowest BCUT2D eigenvalue weighted by Gasteiger charge is -2.07. The number of nitrogens with zero attached hydrogens (tertiary/aromatic N) is 1. The third kappa shape index (κ3) is 3.38. The molecule has 0 saturated carbocycles. The van der Waals surface area contributed by atoms with Crippen LogP contribution in [0.4, 0.5) is 5.69 Å². The first-order valence-corrected chi connectivity index (χ1v) is 6.49. The minimum Gasteiger partial charge on any atom is -0.322 e. The van der Waals surface area contributed by atoms with Crippen LogP contribution in [0, 0.1) is 6.92 Å². The van der Waals surface area contributed by atoms with Crippen LogP contribution in [0.15, 0.2) is 30.5 Å².